The summed E-state index contributed by atoms with van der Waals surface area (Å²) in [5.41, 5.74) is -6.15. The van der Waals surface area contributed by atoms with Gasteiger partial charge in [-0.05, 0) is 37.2 Å². The predicted molar refractivity (Wildman–Crippen MR) is 74.6 cm³/mol. The Morgan fingerprint density at radius 3 is 2.52 bits per heavy atom. The quantitative estimate of drug-likeness (QED) is 0.413. The van der Waals surface area contributed by atoms with E-state index in [9.17, 15) is 21.6 Å². The van der Waals surface area contributed by atoms with Gasteiger partial charge in [0.05, 0.1) is 0 Å². The van der Waals surface area contributed by atoms with Gasteiger partial charge in [-0.1, -0.05) is 26.8 Å². The van der Waals surface area contributed by atoms with Gasteiger partial charge < -0.3 is 4.18 Å². The van der Waals surface area contributed by atoms with Gasteiger partial charge in [0.2, 0.25) is 0 Å². The van der Waals surface area contributed by atoms with E-state index in [1.165, 1.54) is 6.08 Å². The van der Waals surface area contributed by atoms with Crippen molar-refractivity contribution in [3.63, 3.8) is 0 Å². The Bertz CT molecular complexity index is 520. The molecule has 0 unspecified atom stereocenters. The topological polar surface area (TPSA) is 43.4 Å². The van der Waals surface area contributed by atoms with Crippen molar-refractivity contribution < 1.29 is 25.8 Å². The van der Waals surface area contributed by atoms with Gasteiger partial charge in [0.25, 0.3) is 0 Å². The van der Waals surface area contributed by atoms with E-state index in [0.717, 1.165) is 0 Å². The zero-order chi connectivity index (χ0) is 16.5. The molecule has 0 saturated heterocycles. The van der Waals surface area contributed by atoms with Gasteiger partial charge in [-0.25, -0.2) is 0 Å². The standard InChI is InChI=1S/C14H21F3O3S/c1-5-6-9-13(4)11(10(2)3)7-8-12(13)20-21(18,19)14(15,16)17/h5,8,10-11H,1,6-7,9H2,2-4H3/t11-,13-/m1/s1. The summed E-state index contributed by atoms with van der Waals surface area (Å²) >= 11 is 0. The van der Waals surface area contributed by atoms with E-state index < -0.39 is 21.0 Å². The van der Waals surface area contributed by atoms with Gasteiger partial charge >= 0.3 is 15.6 Å². The van der Waals surface area contributed by atoms with Crippen LogP contribution in [0.15, 0.2) is 24.5 Å². The normalized spacial score (nSPS) is 26.8. The van der Waals surface area contributed by atoms with E-state index in [-0.39, 0.29) is 17.6 Å². The zero-order valence-electron chi connectivity index (χ0n) is 12.4. The molecule has 0 aromatic rings. The molecule has 1 aliphatic carbocycles. The molecule has 0 aromatic carbocycles. The van der Waals surface area contributed by atoms with Crippen molar-refractivity contribution in [3.8, 4) is 0 Å². The molecule has 0 aliphatic heterocycles. The van der Waals surface area contributed by atoms with Crippen LogP contribution < -0.4 is 0 Å². The van der Waals surface area contributed by atoms with Crippen molar-refractivity contribution in [1.82, 2.24) is 0 Å². The van der Waals surface area contributed by atoms with Crippen molar-refractivity contribution in [2.75, 3.05) is 0 Å². The van der Waals surface area contributed by atoms with E-state index in [4.69, 9.17) is 0 Å². The van der Waals surface area contributed by atoms with Crippen LogP contribution in [0, 0.1) is 17.3 Å². The molecule has 0 amide bonds. The van der Waals surface area contributed by atoms with Crippen LogP contribution in [0.5, 0.6) is 0 Å². The highest BCUT2D eigenvalue weighted by atomic mass is 32.2. The Kier molecular flexibility index (Phi) is 5.18. The smallest absolute Gasteiger partial charge is 0.380 e. The lowest BCUT2D eigenvalue weighted by Crippen LogP contribution is -2.33. The van der Waals surface area contributed by atoms with E-state index in [2.05, 4.69) is 10.8 Å². The van der Waals surface area contributed by atoms with Crippen LogP contribution in [0.4, 0.5) is 13.2 Å². The van der Waals surface area contributed by atoms with E-state index in [1.807, 2.05) is 13.8 Å². The third-order valence-electron chi connectivity index (χ3n) is 4.09. The molecule has 0 aromatic heterocycles. The number of rotatable bonds is 6. The third-order valence-corrected chi connectivity index (χ3v) is 5.06. The zero-order valence-corrected chi connectivity index (χ0v) is 13.2. The molecule has 21 heavy (non-hydrogen) atoms. The maximum atomic E-state index is 12.5. The summed E-state index contributed by atoms with van der Waals surface area (Å²) in [6, 6.07) is 0. The lowest BCUT2D eigenvalue weighted by Gasteiger charge is -2.36. The van der Waals surface area contributed by atoms with Crippen molar-refractivity contribution in [2.45, 2.75) is 45.5 Å². The Labute approximate surface area is 124 Å². The van der Waals surface area contributed by atoms with Gasteiger partial charge in [-0.3, -0.25) is 0 Å². The fourth-order valence-corrected chi connectivity index (χ4v) is 3.51. The average Bonchev–Trinajstić information content (AvgIpc) is 2.63. The molecule has 0 radical (unpaired) electrons. The van der Waals surface area contributed by atoms with Gasteiger partial charge in [-0.15, -0.1) is 6.58 Å². The second-order valence-electron chi connectivity index (χ2n) is 5.88. The SMILES string of the molecule is C=CCC[C@@]1(C)C(OS(=O)(=O)C(F)(F)F)=CC[C@@H]1C(C)C. The number of allylic oxidation sites excluding steroid dienone is 3. The van der Waals surface area contributed by atoms with Crippen LogP contribution in [0.25, 0.3) is 0 Å². The van der Waals surface area contributed by atoms with E-state index >= 15 is 0 Å². The highest BCUT2D eigenvalue weighted by molar-refractivity contribution is 7.87. The number of halogens is 3. The summed E-state index contributed by atoms with van der Waals surface area (Å²) in [6.45, 7) is 9.29. The van der Waals surface area contributed by atoms with Crippen molar-refractivity contribution in [3.05, 3.63) is 24.5 Å². The Morgan fingerprint density at radius 1 is 1.52 bits per heavy atom. The van der Waals surface area contributed by atoms with Crippen LogP contribution in [-0.2, 0) is 14.3 Å². The summed E-state index contributed by atoms with van der Waals surface area (Å²) in [5.74, 6) is 0.141. The fourth-order valence-electron chi connectivity index (χ4n) is 2.92. The lowest BCUT2D eigenvalue weighted by atomic mass is 9.70. The Balaban J connectivity index is 3.08. The second-order valence-corrected chi connectivity index (χ2v) is 7.42. The monoisotopic (exact) mass is 326 g/mol. The third kappa shape index (κ3) is 3.62. The van der Waals surface area contributed by atoms with E-state index in [0.29, 0.717) is 19.3 Å². The van der Waals surface area contributed by atoms with Crippen LogP contribution >= 0.6 is 0 Å². The van der Waals surface area contributed by atoms with Crippen LogP contribution in [0.3, 0.4) is 0 Å². The number of alkyl halides is 3. The summed E-state index contributed by atoms with van der Waals surface area (Å²) in [7, 11) is -5.62. The molecule has 1 rings (SSSR count). The fraction of sp³-hybridized carbons (Fsp3) is 0.714. The van der Waals surface area contributed by atoms with Gasteiger partial charge in [0, 0.05) is 5.41 Å². The molecule has 0 N–H and O–H groups in total. The molecule has 122 valence electrons. The maximum absolute atomic E-state index is 12.5. The average molecular weight is 326 g/mol. The number of hydrogen-bond donors (Lipinski definition) is 0. The van der Waals surface area contributed by atoms with Gasteiger partial charge in [0.1, 0.15) is 5.76 Å². The van der Waals surface area contributed by atoms with Gasteiger partial charge in [-0.2, -0.15) is 21.6 Å². The first-order valence-electron chi connectivity index (χ1n) is 6.78. The van der Waals surface area contributed by atoms with Crippen molar-refractivity contribution in [2.24, 2.45) is 17.3 Å². The Morgan fingerprint density at radius 2 is 2.10 bits per heavy atom. The minimum absolute atomic E-state index is 0.0379. The molecular weight excluding hydrogens is 305 g/mol. The lowest BCUT2D eigenvalue weighted by molar-refractivity contribution is -0.0536. The van der Waals surface area contributed by atoms with Crippen LogP contribution in [0.2, 0.25) is 0 Å². The van der Waals surface area contributed by atoms with Crippen molar-refractivity contribution in [1.29, 1.82) is 0 Å². The molecule has 0 fully saturated rings. The first-order valence-corrected chi connectivity index (χ1v) is 8.19. The molecule has 3 nitrogen and oxygen atoms in total. The molecule has 1 aliphatic rings. The summed E-state index contributed by atoms with van der Waals surface area (Å²) in [4.78, 5) is 0. The molecular formula is C14H21F3O3S. The number of hydrogen-bond acceptors (Lipinski definition) is 3. The second kappa shape index (κ2) is 6.02. The van der Waals surface area contributed by atoms with Crippen LogP contribution in [0.1, 0.15) is 40.0 Å². The predicted octanol–water partition coefficient (Wildman–Crippen LogP) is 4.38. The highest BCUT2D eigenvalue weighted by Crippen LogP contribution is 2.51. The molecule has 7 heteroatoms. The summed E-state index contributed by atoms with van der Waals surface area (Å²) < 4.78 is 64.4. The van der Waals surface area contributed by atoms with E-state index in [1.54, 1.807) is 13.0 Å². The minimum Gasteiger partial charge on any atom is -0.380 e. The first kappa shape index (κ1) is 18.1. The summed E-state index contributed by atoms with van der Waals surface area (Å²) in [6.07, 6.45) is 4.72. The minimum atomic E-state index is -5.62. The van der Waals surface area contributed by atoms with Crippen molar-refractivity contribution >= 4 is 10.1 Å². The van der Waals surface area contributed by atoms with Gasteiger partial charge in [0.15, 0.2) is 0 Å². The summed E-state index contributed by atoms with van der Waals surface area (Å²) in [5, 5.41) is 0. The molecule has 0 heterocycles. The highest BCUT2D eigenvalue weighted by Gasteiger charge is 2.52. The Hall–Kier alpha value is -0.980. The molecule has 0 bridgehead atoms. The molecule has 0 saturated carbocycles. The first-order chi connectivity index (χ1) is 9.45. The largest absolute Gasteiger partial charge is 0.534 e. The molecule has 0 spiro atoms. The molecule has 2 atom stereocenters. The van der Waals surface area contributed by atoms with Crippen LogP contribution in [-0.4, -0.2) is 13.9 Å². The maximum Gasteiger partial charge on any atom is 0.534 e.